The van der Waals surface area contributed by atoms with Crippen molar-refractivity contribution in [3.05, 3.63) is 48.3 Å². The standard InChI is InChI=1S/C15H22N4O2S/c1-13-10-17-19(11-13)12-14(2)16-8-9-18-22(20,21)15-6-4-3-5-7-15/h3-7,10-11,14,16,18H,8-9,12H2,1-2H3/t14-/m0/s1. The zero-order valence-electron chi connectivity index (χ0n) is 12.9. The van der Waals surface area contributed by atoms with E-state index in [9.17, 15) is 8.42 Å². The lowest BCUT2D eigenvalue weighted by molar-refractivity contribution is 0.453. The Morgan fingerprint density at radius 1 is 1.23 bits per heavy atom. The summed E-state index contributed by atoms with van der Waals surface area (Å²) in [6.07, 6.45) is 3.80. The Morgan fingerprint density at radius 3 is 2.59 bits per heavy atom. The maximum atomic E-state index is 12.0. The first kappa shape index (κ1) is 16.7. The van der Waals surface area contributed by atoms with Gasteiger partial charge in [-0.3, -0.25) is 4.68 Å². The van der Waals surface area contributed by atoms with Gasteiger partial charge in [-0.15, -0.1) is 0 Å². The third-order valence-electron chi connectivity index (χ3n) is 3.19. The van der Waals surface area contributed by atoms with E-state index in [0.29, 0.717) is 13.1 Å². The van der Waals surface area contributed by atoms with Crippen LogP contribution < -0.4 is 10.0 Å². The lowest BCUT2D eigenvalue weighted by Crippen LogP contribution is -2.37. The van der Waals surface area contributed by atoms with E-state index in [2.05, 4.69) is 15.1 Å². The second kappa shape index (κ2) is 7.53. The van der Waals surface area contributed by atoms with Gasteiger partial charge in [0.15, 0.2) is 0 Å². The van der Waals surface area contributed by atoms with Crippen LogP contribution in [0.4, 0.5) is 0 Å². The summed E-state index contributed by atoms with van der Waals surface area (Å²) in [5.41, 5.74) is 1.13. The molecule has 2 N–H and O–H groups in total. The fourth-order valence-electron chi connectivity index (χ4n) is 2.10. The smallest absolute Gasteiger partial charge is 0.240 e. The van der Waals surface area contributed by atoms with Crippen LogP contribution in [0.5, 0.6) is 0 Å². The molecule has 0 unspecified atom stereocenters. The fourth-order valence-corrected chi connectivity index (χ4v) is 3.15. The minimum absolute atomic E-state index is 0.209. The van der Waals surface area contributed by atoms with Gasteiger partial charge < -0.3 is 5.32 Å². The summed E-state index contributed by atoms with van der Waals surface area (Å²) in [7, 11) is -3.42. The zero-order valence-corrected chi connectivity index (χ0v) is 13.7. The van der Waals surface area contributed by atoms with Gasteiger partial charge >= 0.3 is 0 Å². The molecule has 0 radical (unpaired) electrons. The van der Waals surface area contributed by atoms with E-state index in [0.717, 1.165) is 12.1 Å². The molecule has 0 spiro atoms. The van der Waals surface area contributed by atoms with Crippen LogP contribution in [0.25, 0.3) is 0 Å². The molecule has 1 heterocycles. The highest BCUT2D eigenvalue weighted by molar-refractivity contribution is 7.89. The molecular formula is C15H22N4O2S. The molecule has 2 aromatic rings. The van der Waals surface area contributed by atoms with Gasteiger partial charge in [-0.2, -0.15) is 5.10 Å². The highest BCUT2D eigenvalue weighted by atomic mass is 32.2. The summed E-state index contributed by atoms with van der Waals surface area (Å²) in [5, 5.41) is 7.50. The average molecular weight is 322 g/mol. The van der Waals surface area contributed by atoms with Crippen LogP contribution in [0.1, 0.15) is 12.5 Å². The Kier molecular flexibility index (Phi) is 5.70. The van der Waals surface area contributed by atoms with Gasteiger partial charge in [0.2, 0.25) is 10.0 Å². The Morgan fingerprint density at radius 2 is 1.95 bits per heavy atom. The molecular weight excluding hydrogens is 300 g/mol. The van der Waals surface area contributed by atoms with Crippen LogP contribution in [0.2, 0.25) is 0 Å². The summed E-state index contributed by atoms with van der Waals surface area (Å²) < 4.78 is 28.5. The number of aryl methyl sites for hydroxylation is 1. The van der Waals surface area contributed by atoms with Crippen molar-refractivity contribution in [2.24, 2.45) is 0 Å². The maximum Gasteiger partial charge on any atom is 0.240 e. The van der Waals surface area contributed by atoms with Crippen molar-refractivity contribution in [1.29, 1.82) is 0 Å². The molecule has 0 fully saturated rings. The van der Waals surface area contributed by atoms with E-state index < -0.39 is 10.0 Å². The van der Waals surface area contributed by atoms with E-state index in [1.807, 2.05) is 30.9 Å². The lowest BCUT2D eigenvalue weighted by atomic mass is 10.3. The number of aromatic nitrogens is 2. The Bertz CT molecular complexity index is 683. The van der Waals surface area contributed by atoms with Crippen molar-refractivity contribution in [1.82, 2.24) is 19.8 Å². The molecule has 120 valence electrons. The van der Waals surface area contributed by atoms with Crippen molar-refractivity contribution in [2.45, 2.75) is 31.3 Å². The molecule has 1 atom stereocenters. The predicted octanol–water partition coefficient (Wildman–Crippen LogP) is 1.15. The third-order valence-corrected chi connectivity index (χ3v) is 4.66. The molecule has 0 aliphatic carbocycles. The van der Waals surface area contributed by atoms with Crippen LogP contribution in [0.3, 0.4) is 0 Å². The van der Waals surface area contributed by atoms with Crippen molar-refractivity contribution >= 4 is 10.0 Å². The van der Waals surface area contributed by atoms with Crippen LogP contribution in [-0.2, 0) is 16.6 Å². The van der Waals surface area contributed by atoms with Crippen LogP contribution in [0.15, 0.2) is 47.6 Å². The largest absolute Gasteiger partial charge is 0.311 e. The molecule has 6 nitrogen and oxygen atoms in total. The van der Waals surface area contributed by atoms with Crippen LogP contribution in [-0.4, -0.2) is 37.3 Å². The number of hydrogen-bond donors (Lipinski definition) is 2. The number of rotatable bonds is 8. The molecule has 0 aliphatic rings. The number of benzene rings is 1. The van der Waals surface area contributed by atoms with Gasteiger partial charge in [0.25, 0.3) is 0 Å². The van der Waals surface area contributed by atoms with Gasteiger partial charge in [0.05, 0.1) is 17.6 Å². The second-order valence-corrected chi connectivity index (χ2v) is 7.07. The van der Waals surface area contributed by atoms with Gasteiger partial charge in [-0.25, -0.2) is 13.1 Å². The first-order valence-corrected chi connectivity index (χ1v) is 8.73. The highest BCUT2D eigenvalue weighted by Gasteiger charge is 2.12. The molecule has 22 heavy (non-hydrogen) atoms. The molecule has 1 aromatic carbocycles. The molecule has 0 saturated heterocycles. The van der Waals surface area contributed by atoms with Gasteiger partial charge in [-0.05, 0) is 31.5 Å². The molecule has 0 aliphatic heterocycles. The summed E-state index contributed by atoms with van der Waals surface area (Å²) in [4.78, 5) is 0.287. The lowest BCUT2D eigenvalue weighted by Gasteiger charge is -2.14. The quantitative estimate of drug-likeness (QED) is 0.715. The van der Waals surface area contributed by atoms with E-state index in [1.54, 1.807) is 30.3 Å². The third kappa shape index (κ3) is 4.94. The first-order chi connectivity index (χ1) is 10.5. The van der Waals surface area contributed by atoms with E-state index >= 15 is 0 Å². The maximum absolute atomic E-state index is 12.0. The summed E-state index contributed by atoms with van der Waals surface area (Å²) >= 11 is 0. The Hall–Kier alpha value is -1.70. The average Bonchev–Trinajstić information content (AvgIpc) is 2.90. The van der Waals surface area contributed by atoms with Crippen molar-refractivity contribution in [2.75, 3.05) is 13.1 Å². The molecule has 0 bridgehead atoms. The number of hydrogen-bond acceptors (Lipinski definition) is 4. The molecule has 0 amide bonds. The fraction of sp³-hybridized carbons (Fsp3) is 0.400. The van der Waals surface area contributed by atoms with E-state index in [4.69, 9.17) is 0 Å². The summed E-state index contributed by atoms with van der Waals surface area (Å²) in [5.74, 6) is 0. The first-order valence-electron chi connectivity index (χ1n) is 7.24. The molecule has 0 saturated carbocycles. The van der Waals surface area contributed by atoms with E-state index in [1.165, 1.54) is 0 Å². The van der Waals surface area contributed by atoms with E-state index in [-0.39, 0.29) is 10.9 Å². The Balaban J connectivity index is 1.72. The minimum atomic E-state index is -3.42. The monoisotopic (exact) mass is 322 g/mol. The van der Waals surface area contributed by atoms with Gasteiger partial charge in [-0.1, -0.05) is 18.2 Å². The minimum Gasteiger partial charge on any atom is -0.311 e. The van der Waals surface area contributed by atoms with Gasteiger partial charge in [0, 0.05) is 25.3 Å². The number of nitrogens with one attached hydrogen (secondary N) is 2. The number of nitrogens with zero attached hydrogens (tertiary/aromatic N) is 2. The van der Waals surface area contributed by atoms with Crippen molar-refractivity contribution < 1.29 is 8.42 Å². The molecule has 1 aromatic heterocycles. The SMILES string of the molecule is Cc1cnn(C[C@H](C)NCCNS(=O)(=O)c2ccccc2)c1. The van der Waals surface area contributed by atoms with Crippen LogP contribution in [0, 0.1) is 6.92 Å². The van der Waals surface area contributed by atoms with Crippen molar-refractivity contribution in [3.63, 3.8) is 0 Å². The topological polar surface area (TPSA) is 76.0 Å². The van der Waals surface area contributed by atoms with Crippen molar-refractivity contribution in [3.8, 4) is 0 Å². The highest BCUT2D eigenvalue weighted by Crippen LogP contribution is 2.06. The van der Waals surface area contributed by atoms with Crippen LogP contribution >= 0.6 is 0 Å². The molecule has 7 heteroatoms. The number of sulfonamides is 1. The summed E-state index contributed by atoms with van der Waals surface area (Å²) in [6, 6.07) is 8.58. The van der Waals surface area contributed by atoms with Gasteiger partial charge in [0.1, 0.15) is 0 Å². The zero-order chi connectivity index (χ0) is 16.0. The normalized spacial score (nSPS) is 13.2. The summed E-state index contributed by atoms with van der Waals surface area (Å²) in [6.45, 7) is 5.70. The predicted molar refractivity (Wildman–Crippen MR) is 86.1 cm³/mol. The molecule has 2 rings (SSSR count). The second-order valence-electron chi connectivity index (χ2n) is 5.31. The Labute approximate surface area is 131 Å².